The molecule has 0 spiro atoms. The molecule has 4 heteroatoms. The van der Waals surface area contributed by atoms with Gasteiger partial charge in [-0.1, -0.05) is 66.7 Å². The highest BCUT2D eigenvalue weighted by Crippen LogP contribution is 2.23. The van der Waals surface area contributed by atoms with Gasteiger partial charge in [0, 0.05) is 19.5 Å². The smallest absolute Gasteiger partial charge is 0.325 e. The van der Waals surface area contributed by atoms with Crippen molar-refractivity contribution in [3.63, 3.8) is 0 Å². The molecule has 1 fully saturated rings. The van der Waals surface area contributed by atoms with Crippen LogP contribution in [0.25, 0.3) is 0 Å². The fourth-order valence-electron chi connectivity index (χ4n) is 2.85. The Morgan fingerprint density at radius 1 is 1.12 bits per heavy atom. The van der Waals surface area contributed by atoms with Gasteiger partial charge in [0.15, 0.2) is 0 Å². The lowest BCUT2D eigenvalue weighted by Gasteiger charge is -2.17. The fourth-order valence-corrected chi connectivity index (χ4v) is 2.85. The number of esters is 1. The van der Waals surface area contributed by atoms with Gasteiger partial charge in [-0.2, -0.15) is 0 Å². The van der Waals surface area contributed by atoms with Gasteiger partial charge in [0.1, 0.15) is 12.1 Å². The van der Waals surface area contributed by atoms with E-state index in [1.54, 1.807) is 6.08 Å². The third-order valence-electron chi connectivity index (χ3n) is 4.34. The van der Waals surface area contributed by atoms with Crippen molar-refractivity contribution in [1.82, 2.24) is 4.90 Å². The summed E-state index contributed by atoms with van der Waals surface area (Å²) in [5.41, 5.74) is 2.31. The van der Waals surface area contributed by atoms with E-state index in [1.165, 1.54) is 5.56 Å². The summed E-state index contributed by atoms with van der Waals surface area (Å²) >= 11 is 0. The Labute approximate surface area is 155 Å². The van der Waals surface area contributed by atoms with Gasteiger partial charge in [-0.05, 0) is 11.1 Å². The highest BCUT2D eigenvalue weighted by Gasteiger charge is 2.42. The first-order valence-corrected chi connectivity index (χ1v) is 8.97. The van der Waals surface area contributed by atoms with Crippen LogP contribution < -0.4 is 0 Å². The van der Waals surface area contributed by atoms with Gasteiger partial charge in [-0.15, -0.1) is 6.58 Å². The van der Waals surface area contributed by atoms with Crippen LogP contribution in [0.15, 0.2) is 73.3 Å². The van der Waals surface area contributed by atoms with Crippen molar-refractivity contribution in [1.29, 1.82) is 0 Å². The minimum atomic E-state index is -0.289. The summed E-state index contributed by atoms with van der Waals surface area (Å²) in [5.74, 6) is -0.170. The van der Waals surface area contributed by atoms with Gasteiger partial charge in [0.25, 0.3) is 0 Å². The number of rotatable bonds is 10. The average Bonchev–Trinajstić information content (AvgIpc) is 3.43. The van der Waals surface area contributed by atoms with Crippen molar-refractivity contribution in [2.75, 3.05) is 13.2 Å². The summed E-state index contributed by atoms with van der Waals surface area (Å²) in [4.78, 5) is 14.5. The molecule has 0 aromatic heterocycles. The molecule has 1 heterocycles. The van der Waals surface area contributed by atoms with Crippen molar-refractivity contribution in [3.05, 3.63) is 84.4 Å². The molecule has 0 bridgehead atoms. The Morgan fingerprint density at radius 3 is 2.42 bits per heavy atom. The summed E-state index contributed by atoms with van der Waals surface area (Å²) in [7, 11) is 0. The first kappa shape index (κ1) is 18.4. The number of hydrogen-bond acceptors (Lipinski definition) is 4. The van der Waals surface area contributed by atoms with Gasteiger partial charge in [-0.25, -0.2) is 0 Å². The van der Waals surface area contributed by atoms with Crippen molar-refractivity contribution in [3.8, 4) is 0 Å². The molecule has 3 rings (SSSR count). The first-order valence-electron chi connectivity index (χ1n) is 8.97. The van der Waals surface area contributed by atoms with Gasteiger partial charge < -0.3 is 9.47 Å². The van der Waals surface area contributed by atoms with Crippen LogP contribution in [0.5, 0.6) is 0 Å². The zero-order valence-corrected chi connectivity index (χ0v) is 14.9. The van der Waals surface area contributed by atoms with Gasteiger partial charge >= 0.3 is 5.97 Å². The third kappa shape index (κ3) is 5.55. The van der Waals surface area contributed by atoms with E-state index < -0.39 is 0 Å². The fraction of sp³-hybridized carbons (Fsp3) is 0.318. The second-order valence-corrected chi connectivity index (χ2v) is 6.51. The summed E-state index contributed by atoms with van der Waals surface area (Å²) in [5, 5.41) is 0. The minimum Gasteiger partial charge on any atom is -0.458 e. The molecule has 1 saturated heterocycles. The zero-order valence-electron chi connectivity index (χ0n) is 14.9. The maximum absolute atomic E-state index is 12.4. The molecule has 0 N–H and O–H groups in total. The molecular weight excluding hydrogens is 326 g/mol. The van der Waals surface area contributed by atoms with E-state index in [0.717, 1.165) is 18.7 Å². The molecule has 4 nitrogen and oxygen atoms in total. The quantitative estimate of drug-likeness (QED) is 0.373. The van der Waals surface area contributed by atoms with Crippen LogP contribution in [-0.4, -0.2) is 36.2 Å². The van der Waals surface area contributed by atoms with Crippen LogP contribution >= 0.6 is 0 Å². The highest BCUT2D eigenvalue weighted by molar-refractivity contribution is 5.79. The number of carbonyl (C=O) groups is 1. The standard InChI is InChI=1S/C22H25NO3/c1-2-9-20(17-25-16-19-12-7-4-8-13-19)26-22(24)21-15-23(21)14-18-10-5-3-6-11-18/h2-8,10-13,20-21H,1,9,14-17H2/t20-,21?,23?/m1/s1. The van der Waals surface area contributed by atoms with E-state index in [1.807, 2.05) is 48.5 Å². The lowest BCUT2D eigenvalue weighted by molar-refractivity contribution is -0.152. The van der Waals surface area contributed by atoms with Crippen LogP contribution in [-0.2, 0) is 27.4 Å². The van der Waals surface area contributed by atoms with E-state index >= 15 is 0 Å². The Hall–Kier alpha value is -2.43. The largest absolute Gasteiger partial charge is 0.458 e. The molecule has 136 valence electrons. The molecule has 1 aliphatic heterocycles. The second-order valence-electron chi connectivity index (χ2n) is 6.51. The molecule has 2 aromatic rings. The second kappa shape index (κ2) is 9.32. The number of nitrogens with zero attached hydrogens (tertiary/aromatic N) is 1. The van der Waals surface area contributed by atoms with Crippen LogP contribution in [0.2, 0.25) is 0 Å². The van der Waals surface area contributed by atoms with Crippen molar-refractivity contribution >= 4 is 5.97 Å². The van der Waals surface area contributed by atoms with Crippen LogP contribution in [0, 0.1) is 0 Å². The van der Waals surface area contributed by atoms with E-state index in [4.69, 9.17) is 9.47 Å². The molecular formula is C22H25NO3. The predicted octanol–water partition coefficient (Wildman–Crippen LogP) is 3.58. The molecule has 0 amide bonds. The molecule has 0 radical (unpaired) electrons. The molecule has 1 aliphatic rings. The normalized spacial score (nSPS) is 19.5. The maximum Gasteiger partial charge on any atom is 0.325 e. The van der Waals surface area contributed by atoms with Gasteiger partial charge in [0.05, 0.1) is 13.2 Å². The van der Waals surface area contributed by atoms with Crippen LogP contribution in [0.4, 0.5) is 0 Å². The maximum atomic E-state index is 12.4. The van der Waals surface area contributed by atoms with Gasteiger partial charge in [-0.3, -0.25) is 9.69 Å². The average molecular weight is 351 g/mol. The number of hydrogen-bond donors (Lipinski definition) is 0. The first-order chi connectivity index (χ1) is 12.8. The molecule has 2 aromatic carbocycles. The molecule has 2 unspecified atom stereocenters. The summed E-state index contributed by atoms with van der Waals surface area (Å²) in [6.07, 6.45) is 2.06. The summed E-state index contributed by atoms with van der Waals surface area (Å²) in [6, 6.07) is 20.0. The number of benzene rings is 2. The molecule has 26 heavy (non-hydrogen) atoms. The highest BCUT2D eigenvalue weighted by atomic mass is 16.6. The van der Waals surface area contributed by atoms with E-state index in [-0.39, 0.29) is 18.1 Å². The monoisotopic (exact) mass is 351 g/mol. The molecule has 3 atom stereocenters. The Morgan fingerprint density at radius 2 is 1.77 bits per heavy atom. The predicted molar refractivity (Wildman–Crippen MR) is 101 cm³/mol. The molecule has 0 aliphatic carbocycles. The Kier molecular flexibility index (Phi) is 6.58. The summed E-state index contributed by atoms with van der Waals surface area (Å²) in [6.45, 7) is 6.16. The Bertz CT molecular complexity index is 702. The van der Waals surface area contributed by atoms with E-state index in [0.29, 0.717) is 19.6 Å². The van der Waals surface area contributed by atoms with Crippen LogP contribution in [0.1, 0.15) is 17.5 Å². The minimum absolute atomic E-state index is 0.142. The van der Waals surface area contributed by atoms with Crippen molar-refractivity contribution < 1.29 is 14.3 Å². The van der Waals surface area contributed by atoms with Crippen LogP contribution in [0.3, 0.4) is 0 Å². The van der Waals surface area contributed by atoms with E-state index in [2.05, 4.69) is 23.6 Å². The SMILES string of the molecule is C=CC[C@H](COCc1ccccc1)OC(=O)C1CN1Cc1ccccc1. The lowest BCUT2D eigenvalue weighted by atomic mass is 10.2. The summed E-state index contributed by atoms with van der Waals surface area (Å²) < 4.78 is 11.4. The number of ether oxygens (including phenoxy) is 2. The number of carbonyl (C=O) groups excluding carboxylic acids is 1. The topological polar surface area (TPSA) is 38.5 Å². The van der Waals surface area contributed by atoms with Crippen molar-refractivity contribution in [2.24, 2.45) is 0 Å². The zero-order chi connectivity index (χ0) is 18.2. The van der Waals surface area contributed by atoms with Gasteiger partial charge in [0.2, 0.25) is 0 Å². The third-order valence-corrected chi connectivity index (χ3v) is 4.34. The lowest BCUT2D eigenvalue weighted by Crippen LogP contribution is -2.27. The van der Waals surface area contributed by atoms with Crippen molar-refractivity contribution in [2.45, 2.75) is 31.7 Å². The Balaban J connectivity index is 1.42. The van der Waals surface area contributed by atoms with E-state index in [9.17, 15) is 4.79 Å². The molecule has 0 saturated carbocycles.